The highest BCUT2D eigenvalue weighted by Gasteiger charge is 2.21. The Morgan fingerprint density at radius 3 is 2.36 bits per heavy atom. The van der Waals surface area contributed by atoms with Gasteiger partial charge in [-0.3, -0.25) is 4.79 Å². The molecule has 0 saturated carbocycles. The molecule has 0 atom stereocenters. The smallest absolute Gasteiger partial charge is 0.203 e. The van der Waals surface area contributed by atoms with E-state index in [9.17, 15) is 10.1 Å². The number of ketones is 1. The summed E-state index contributed by atoms with van der Waals surface area (Å²) in [6.45, 7) is 4.08. The van der Waals surface area contributed by atoms with E-state index in [0.717, 1.165) is 16.8 Å². The van der Waals surface area contributed by atoms with Gasteiger partial charge in [-0.25, -0.2) is 4.98 Å². The van der Waals surface area contributed by atoms with Crippen molar-refractivity contribution in [2.45, 2.75) is 13.8 Å². The fraction of sp³-hybridized carbons (Fsp3) is 0.167. The predicted octanol–water partition coefficient (Wildman–Crippen LogP) is 7.31. The normalized spacial score (nSPS) is 11.1. The molecule has 198 valence electrons. The molecule has 0 fully saturated rings. The molecule has 0 aliphatic heterocycles. The lowest BCUT2D eigenvalue weighted by Gasteiger charge is -2.15. The van der Waals surface area contributed by atoms with Crippen LogP contribution in [-0.2, 0) is 0 Å². The van der Waals surface area contributed by atoms with Crippen molar-refractivity contribution >= 4 is 40.0 Å². The minimum absolute atomic E-state index is 0.306. The van der Waals surface area contributed by atoms with Gasteiger partial charge in [0.15, 0.2) is 17.3 Å². The minimum Gasteiger partial charge on any atom is -0.493 e. The van der Waals surface area contributed by atoms with Crippen molar-refractivity contribution in [2.24, 2.45) is 0 Å². The Labute approximate surface area is 236 Å². The molecule has 0 amide bonds. The van der Waals surface area contributed by atoms with Gasteiger partial charge in [-0.1, -0.05) is 35.4 Å². The second-order valence-electron chi connectivity index (χ2n) is 8.60. The number of aryl methyl sites for hydroxylation is 2. The highest BCUT2D eigenvalue weighted by atomic mass is 35.5. The fourth-order valence-corrected chi connectivity index (χ4v) is 5.07. The highest BCUT2D eigenvalue weighted by molar-refractivity contribution is 7.11. The van der Waals surface area contributed by atoms with Crippen LogP contribution < -0.4 is 19.5 Å². The van der Waals surface area contributed by atoms with Crippen LogP contribution in [0, 0.1) is 25.2 Å². The van der Waals surface area contributed by atoms with E-state index in [1.807, 2.05) is 31.4 Å². The van der Waals surface area contributed by atoms with Gasteiger partial charge in [-0.05, 0) is 49.7 Å². The third kappa shape index (κ3) is 5.90. The largest absolute Gasteiger partial charge is 0.493 e. The van der Waals surface area contributed by atoms with Crippen LogP contribution in [0.1, 0.15) is 32.1 Å². The zero-order valence-electron chi connectivity index (χ0n) is 22.1. The number of nitrogens with zero attached hydrogens (tertiary/aromatic N) is 2. The molecule has 0 saturated heterocycles. The third-order valence-corrected chi connectivity index (χ3v) is 7.15. The van der Waals surface area contributed by atoms with E-state index < -0.39 is 0 Å². The second kappa shape index (κ2) is 12.0. The second-order valence-corrected chi connectivity index (χ2v) is 9.90. The van der Waals surface area contributed by atoms with E-state index >= 15 is 0 Å². The number of halogens is 1. The van der Waals surface area contributed by atoms with E-state index in [1.165, 1.54) is 38.2 Å². The molecule has 0 aliphatic carbocycles. The zero-order valence-corrected chi connectivity index (χ0v) is 23.7. The van der Waals surface area contributed by atoms with Crippen molar-refractivity contribution in [1.29, 1.82) is 5.26 Å². The standard InChI is InChI=1S/C30H26ClN3O4S/c1-17-6-8-22(18(2)10-17)25-16-39-30(34-25)20(14-32)15-33-24-9-7-21(31)13-23(24)28(35)19-11-26(36-3)29(38-5)27(12-19)37-4/h6-13,15-16,33H,1-5H3. The molecule has 1 aromatic heterocycles. The van der Waals surface area contributed by atoms with E-state index in [-0.39, 0.29) is 5.78 Å². The average Bonchev–Trinajstić information content (AvgIpc) is 3.42. The molecule has 7 nitrogen and oxygen atoms in total. The average molecular weight is 560 g/mol. The van der Waals surface area contributed by atoms with Crippen LogP contribution in [0.15, 0.2) is 60.1 Å². The highest BCUT2D eigenvalue weighted by Crippen LogP contribution is 2.39. The Hall–Kier alpha value is -4.32. The first-order valence-electron chi connectivity index (χ1n) is 11.8. The van der Waals surface area contributed by atoms with Crippen molar-refractivity contribution in [1.82, 2.24) is 4.98 Å². The van der Waals surface area contributed by atoms with Gasteiger partial charge in [0.2, 0.25) is 5.75 Å². The monoisotopic (exact) mass is 559 g/mol. The summed E-state index contributed by atoms with van der Waals surface area (Å²) in [5.74, 6) is 0.766. The Balaban J connectivity index is 1.67. The number of benzene rings is 3. The Morgan fingerprint density at radius 2 is 1.74 bits per heavy atom. The van der Waals surface area contributed by atoms with Crippen molar-refractivity contribution < 1.29 is 19.0 Å². The summed E-state index contributed by atoms with van der Waals surface area (Å²) >= 11 is 7.63. The van der Waals surface area contributed by atoms with Gasteiger partial charge in [-0.2, -0.15) is 5.26 Å². The first kappa shape index (κ1) is 27.7. The first-order chi connectivity index (χ1) is 18.8. The number of allylic oxidation sites excluding steroid dienone is 1. The summed E-state index contributed by atoms with van der Waals surface area (Å²) in [5.41, 5.74) is 5.53. The molecule has 0 radical (unpaired) electrons. The number of nitriles is 1. The maximum atomic E-state index is 13.6. The quantitative estimate of drug-likeness (QED) is 0.170. The van der Waals surface area contributed by atoms with E-state index in [0.29, 0.717) is 49.7 Å². The van der Waals surface area contributed by atoms with Crippen molar-refractivity contribution in [3.05, 3.63) is 92.4 Å². The van der Waals surface area contributed by atoms with Crippen molar-refractivity contribution in [3.63, 3.8) is 0 Å². The number of hydrogen-bond acceptors (Lipinski definition) is 8. The van der Waals surface area contributed by atoms with Gasteiger partial charge >= 0.3 is 0 Å². The molecular weight excluding hydrogens is 534 g/mol. The lowest BCUT2D eigenvalue weighted by atomic mass is 10.0. The summed E-state index contributed by atoms with van der Waals surface area (Å²) in [6, 6.07) is 16.4. The van der Waals surface area contributed by atoms with Crippen LogP contribution in [0.2, 0.25) is 5.02 Å². The molecule has 0 aliphatic rings. The number of hydrogen-bond donors (Lipinski definition) is 1. The number of aromatic nitrogens is 1. The maximum Gasteiger partial charge on any atom is 0.203 e. The SMILES string of the molecule is COc1cc(C(=O)c2cc(Cl)ccc2NC=C(C#N)c2nc(-c3ccc(C)cc3C)cs2)cc(OC)c1OC. The van der Waals surface area contributed by atoms with Gasteiger partial charge in [0.05, 0.1) is 27.0 Å². The van der Waals surface area contributed by atoms with Crippen molar-refractivity contribution in [3.8, 4) is 34.6 Å². The number of carbonyl (C=O) groups is 1. The topological polar surface area (TPSA) is 93.5 Å². The van der Waals surface area contributed by atoms with Crippen molar-refractivity contribution in [2.75, 3.05) is 26.6 Å². The first-order valence-corrected chi connectivity index (χ1v) is 13.1. The van der Waals surface area contributed by atoms with Crippen LogP contribution in [0.25, 0.3) is 16.8 Å². The molecular formula is C30H26ClN3O4S. The summed E-state index contributed by atoms with van der Waals surface area (Å²) in [5, 5.41) is 15.9. The minimum atomic E-state index is -0.322. The number of anilines is 1. The number of carbonyl (C=O) groups excluding carboxylic acids is 1. The molecule has 0 bridgehead atoms. The molecule has 39 heavy (non-hydrogen) atoms. The number of thiazole rings is 1. The van der Waals surface area contributed by atoms with Gasteiger partial charge in [0, 0.05) is 39.0 Å². The Bertz CT molecular complexity index is 1600. The van der Waals surface area contributed by atoms with Gasteiger partial charge < -0.3 is 19.5 Å². The van der Waals surface area contributed by atoms with Crippen LogP contribution in [0.4, 0.5) is 5.69 Å². The van der Waals surface area contributed by atoms with E-state index in [4.69, 9.17) is 25.8 Å². The van der Waals surface area contributed by atoms with Crippen LogP contribution >= 0.6 is 22.9 Å². The fourth-order valence-electron chi connectivity index (χ4n) is 4.11. The molecule has 3 aromatic carbocycles. The molecule has 1 N–H and O–H groups in total. The number of ether oxygens (including phenoxy) is 3. The number of nitrogens with one attached hydrogen (secondary N) is 1. The van der Waals surface area contributed by atoms with Crippen LogP contribution in [-0.4, -0.2) is 32.1 Å². The lowest BCUT2D eigenvalue weighted by Crippen LogP contribution is -2.07. The number of rotatable bonds is 9. The summed E-state index contributed by atoms with van der Waals surface area (Å²) < 4.78 is 16.2. The molecule has 1 heterocycles. The molecule has 4 rings (SSSR count). The Morgan fingerprint density at radius 1 is 1.03 bits per heavy atom. The summed E-state index contributed by atoms with van der Waals surface area (Å²) in [6.07, 6.45) is 1.54. The third-order valence-electron chi connectivity index (χ3n) is 6.04. The number of methoxy groups -OCH3 is 3. The molecule has 9 heteroatoms. The lowest BCUT2D eigenvalue weighted by molar-refractivity contribution is 0.103. The van der Waals surface area contributed by atoms with Crippen LogP contribution in [0.5, 0.6) is 17.2 Å². The maximum absolute atomic E-state index is 13.6. The molecule has 0 unspecified atom stereocenters. The molecule has 4 aromatic rings. The predicted molar refractivity (Wildman–Crippen MR) is 155 cm³/mol. The Kier molecular flexibility index (Phi) is 8.55. The van der Waals surface area contributed by atoms with Gasteiger partial charge in [0.1, 0.15) is 16.6 Å². The zero-order chi connectivity index (χ0) is 28.1. The van der Waals surface area contributed by atoms with Gasteiger partial charge in [0.25, 0.3) is 0 Å². The van der Waals surface area contributed by atoms with Crippen LogP contribution in [0.3, 0.4) is 0 Å². The van der Waals surface area contributed by atoms with E-state index in [2.05, 4.69) is 22.4 Å². The van der Waals surface area contributed by atoms with Gasteiger partial charge in [-0.15, -0.1) is 11.3 Å². The molecule has 0 spiro atoms. The summed E-state index contributed by atoms with van der Waals surface area (Å²) in [4.78, 5) is 18.3. The van der Waals surface area contributed by atoms with E-state index in [1.54, 1.807) is 36.5 Å². The summed E-state index contributed by atoms with van der Waals surface area (Å²) in [7, 11) is 4.46.